The van der Waals surface area contributed by atoms with Crippen molar-refractivity contribution in [2.75, 3.05) is 5.32 Å². The zero-order chi connectivity index (χ0) is 14.7. The Labute approximate surface area is 135 Å². The van der Waals surface area contributed by atoms with Crippen molar-refractivity contribution in [2.45, 2.75) is 0 Å². The van der Waals surface area contributed by atoms with Gasteiger partial charge >= 0.3 is 0 Å². The van der Waals surface area contributed by atoms with E-state index in [1.807, 2.05) is 12.1 Å². The summed E-state index contributed by atoms with van der Waals surface area (Å²) < 4.78 is 1.59. The van der Waals surface area contributed by atoms with Crippen LogP contribution in [0.3, 0.4) is 0 Å². The number of rotatable bonds is 3. The van der Waals surface area contributed by atoms with Gasteiger partial charge in [0.2, 0.25) is 0 Å². The van der Waals surface area contributed by atoms with Crippen LogP contribution in [0, 0.1) is 3.57 Å². The molecule has 0 fully saturated rings. The lowest BCUT2D eigenvalue weighted by molar-refractivity contribution is 0.102. The number of hydrogen-bond donors (Lipinski definition) is 4. The fourth-order valence-electron chi connectivity index (χ4n) is 1.48. The van der Waals surface area contributed by atoms with Gasteiger partial charge in [-0.2, -0.15) is 5.10 Å². The Morgan fingerprint density at radius 1 is 1.50 bits per heavy atom. The molecular formula is C11H9BrIN5O2. The minimum absolute atomic E-state index is 0.141. The number of benzene rings is 1. The number of anilines is 1. The number of amides is 1. The molecule has 1 amide bonds. The Bertz CT molecular complexity index is 685. The minimum Gasteiger partial charge on any atom is -0.409 e. The SMILES string of the molecule is N/C(=N/O)c1cn[nH]c1NC(=O)c1cc(Br)ccc1I. The van der Waals surface area contributed by atoms with Crippen LogP contribution in [-0.2, 0) is 0 Å². The number of halogens is 2. The Balaban J connectivity index is 2.29. The molecule has 0 unspecified atom stereocenters. The predicted octanol–water partition coefficient (Wildman–Crippen LogP) is 2.12. The summed E-state index contributed by atoms with van der Waals surface area (Å²) in [6, 6.07) is 5.37. The molecule has 0 aliphatic rings. The number of carbonyl (C=O) groups excluding carboxylic acids is 1. The van der Waals surface area contributed by atoms with Crippen molar-refractivity contribution in [1.29, 1.82) is 0 Å². The number of amidine groups is 1. The van der Waals surface area contributed by atoms with Crippen molar-refractivity contribution in [2.24, 2.45) is 10.9 Å². The molecule has 0 radical (unpaired) electrons. The Morgan fingerprint density at radius 2 is 2.25 bits per heavy atom. The van der Waals surface area contributed by atoms with Crippen LogP contribution < -0.4 is 11.1 Å². The normalized spacial score (nSPS) is 11.4. The molecule has 0 atom stereocenters. The smallest absolute Gasteiger partial charge is 0.257 e. The maximum atomic E-state index is 12.2. The molecule has 20 heavy (non-hydrogen) atoms. The van der Waals surface area contributed by atoms with E-state index in [1.165, 1.54) is 6.20 Å². The van der Waals surface area contributed by atoms with E-state index >= 15 is 0 Å². The van der Waals surface area contributed by atoms with Crippen molar-refractivity contribution in [3.05, 3.63) is 43.6 Å². The highest BCUT2D eigenvalue weighted by Gasteiger charge is 2.15. The maximum absolute atomic E-state index is 12.2. The summed E-state index contributed by atoms with van der Waals surface area (Å²) in [6.45, 7) is 0. The lowest BCUT2D eigenvalue weighted by Gasteiger charge is -2.07. The number of carbonyl (C=O) groups is 1. The second-order valence-corrected chi connectivity index (χ2v) is 5.80. The van der Waals surface area contributed by atoms with Crippen molar-refractivity contribution in [3.63, 3.8) is 0 Å². The first kappa shape index (κ1) is 14.8. The molecular weight excluding hydrogens is 441 g/mol. The van der Waals surface area contributed by atoms with Gasteiger partial charge in [-0.25, -0.2) is 0 Å². The van der Waals surface area contributed by atoms with E-state index in [1.54, 1.807) is 6.07 Å². The lowest BCUT2D eigenvalue weighted by atomic mass is 10.2. The summed E-state index contributed by atoms with van der Waals surface area (Å²) in [5.41, 5.74) is 6.30. The Kier molecular flexibility index (Phi) is 4.60. The van der Waals surface area contributed by atoms with E-state index in [2.05, 4.69) is 59.2 Å². The molecule has 1 heterocycles. The van der Waals surface area contributed by atoms with Gasteiger partial charge in [-0.05, 0) is 40.8 Å². The lowest BCUT2D eigenvalue weighted by Crippen LogP contribution is -2.19. The van der Waals surface area contributed by atoms with Crippen LogP contribution in [0.4, 0.5) is 5.82 Å². The molecule has 2 rings (SSSR count). The molecule has 2 aromatic rings. The number of oxime groups is 1. The van der Waals surface area contributed by atoms with Gasteiger partial charge in [0.25, 0.3) is 5.91 Å². The fourth-order valence-corrected chi connectivity index (χ4v) is 2.42. The quantitative estimate of drug-likeness (QED) is 0.189. The van der Waals surface area contributed by atoms with E-state index < -0.39 is 0 Å². The van der Waals surface area contributed by atoms with Crippen LogP contribution >= 0.6 is 38.5 Å². The minimum atomic E-state index is -0.327. The Hall–Kier alpha value is -1.62. The van der Waals surface area contributed by atoms with Gasteiger partial charge in [0, 0.05) is 8.04 Å². The maximum Gasteiger partial charge on any atom is 0.257 e. The number of nitrogens with two attached hydrogens (primary N) is 1. The Morgan fingerprint density at radius 3 is 2.95 bits per heavy atom. The highest BCUT2D eigenvalue weighted by atomic mass is 127. The third kappa shape index (κ3) is 3.10. The molecule has 7 nitrogen and oxygen atoms in total. The molecule has 0 bridgehead atoms. The standard InChI is InChI=1S/C11H9BrIN5O2/c12-5-1-2-8(13)6(3-5)11(19)16-10-7(4-15-17-10)9(14)18-20/h1-4,20H,(H2,14,18)(H2,15,16,17,19). The monoisotopic (exact) mass is 449 g/mol. The molecule has 0 aliphatic heterocycles. The first-order chi connectivity index (χ1) is 9.52. The molecule has 0 aliphatic carbocycles. The van der Waals surface area contributed by atoms with Crippen molar-refractivity contribution >= 4 is 56.1 Å². The van der Waals surface area contributed by atoms with E-state index in [0.29, 0.717) is 11.1 Å². The highest BCUT2D eigenvalue weighted by Crippen LogP contribution is 2.20. The van der Waals surface area contributed by atoms with Gasteiger partial charge in [0.15, 0.2) is 5.84 Å². The van der Waals surface area contributed by atoms with Crippen LogP contribution in [0.15, 0.2) is 34.0 Å². The summed E-state index contributed by atoms with van der Waals surface area (Å²) >= 11 is 5.38. The zero-order valence-corrected chi connectivity index (χ0v) is 13.6. The molecule has 1 aromatic heterocycles. The molecule has 0 saturated heterocycles. The summed E-state index contributed by atoms with van der Waals surface area (Å²) in [6.07, 6.45) is 1.36. The number of aromatic nitrogens is 2. The largest absolute Gasteiger partial charge is 0.409 e. The van der Waals surface area contributed by atoms with Crippen molar-refractivity contribution < 1.29 is 10.0 Å². The second kappa shape index (κ2) is 6.22. The average molecular weight is 450 g/mol. The van der Waals surface area contributed by atoms with Crippen molar-refractivity contribution in [3.8, 4) is 0 Å². The van der Waals surface area contributed by atoms with Crippen LogP contribution in [-0.4, -0.2) is 27.1 Å². The topological polar surface area (TPSA) is 116 Å². The predicted molar refractivity (Wildman–Crippen MR) is 85.9 cm³/mol. The highest BCUT2D eigenvalue weighted by molar-refractivity contribution is 14.1. The third-order valence-electron chi connectivity index (χ3n) is 2.43. The van der Waals surface area contributed by atoms with Gasteiger partial charge < -0.3 is 16.3 Å². The molecule has 5 N–H and O–H groups in total. The van der Waals surface area contributed by atoms with E-state index in [0.717, 1.165) is 8.04 Å². The summed E-state index contributed by atoms with van der Waals surface area (Å²) in [4.78, 5) is 12.2. The van der Waals surface area contributed by atoms with E-state index in [9.17, 15) is 4.79 Å². The number of hydrogen-bond acceptors (Lipinski definition) is 4. The first-order valence-electron chi connectivity index (χ1n) is 5.30. The van der Waals surface area contributed by atoms with Gasteiger partial charge in [0.05, 0.1) is 17.3 Å². The van der Waals surface area contributed by atoms with Crippen LogP contribution in [0.2, 0.25) is 0 Å². The van der Waals surface area contributed by atoms with Gasteiger partial charge in [-0.15, -0.1) is 0 Å². The van der Waals surface area contributed by atoms with Crippen LogP contribution in [0.25, 0.3) is 0 Å². The average Bonchev–Trinajstić information content (AvgIpc) is 2.88. The van der Waals surface area contributed by atoms with Gasteiger partial charge in [-0.3, -0.25) is 9.89 Å². The first-order valence-corrected chi connectivity index (χ1v) is 7.17. The molecule has 0 spiro atoms. The molecule has 1 aromatic carbocycles. The summed E-state index contributed by atoms with van der Waals surface area (Å²) in [5, 5.41) is 20.5. The summed E-state index contributed by atoms with van der Waals surface area (Å²) in [7, 11) is 0. The number of nitrogens with one attached hydrogen (secondary N) is 2. The zero-order valence-electron chi connectivity index (χ0n) is 9.89. The molecule has 104 valence electrons. The second-order valence-electron chi connectivity index (χ2n) is 3.72. The van der Waals surface area contributed by atoms with Gasteiger partial charge in [-0.1, -0.05) is 21.1 Å². The van der Waals surface area contributed by atoms with Crippen LogP contribution in [0.1, 0.15) is 15.9 Å². The molecule has 9 heteroatoms. The van der Waals surface area contributed by atoms with E-state index in [4.69, 9.17) is 10.9 Å². The molecule has 0 saturated carbocycles. The number of nitrogens with zero attached hydrogens (tertiary/aromatic N) is 2. The van der Waals surface area contributed by atoms with E-state index in [-0.39, 0.29) is 17.6 Å². The van der Waals surface area contributed by atoms with Crippen LogP contribution in [0.5, 0.6) is 0 Å². The van der Waals surface area contributed by atoms with Gasteiger partial charge in [0.1, 0.15) is 5.82 Å². The third-order valence-corrected chi connectivity index (χ3v) is 3.87. The summed E-state index contributed by atoms with van der Waals surface area (Å²) in [5.74, 6) is -0.203. The number of aromatic amines is 1. The fraction of sp³-hybridized carbons (Fsp3) is 0. The van der Waals surface area contributed by atoms with Crippen molar-refractivity contribution in [1.82, 2.24) is 10.2 Å². The number of H-pyrrole nitrogens is 1.